The molecule has 4 heteroatoms. The van der Waals surface area contributed by atoms with E-state index in [1.54, 1.807) is 7.11 Å². The Morgan fingerprint density at radius 1 is 1.24 bits per heavy atom. The van der Waals surface area contributed by atoms with Gasteiger partial charge in [-0.3, -0.25) is 0 Å². The van der Waals surface area contributed by atoms with E-state index in [0.717, 1.165) is 27.2 Å². The van der Waals surface area contributed by atoms with E-state index in [1.807, 2.05) is 25.2 Å². The second-order valence-corrected chi connectivity index (χ2v) is 6.35. The second kappa shape index (κ2) is 7.30. The van der Waals surface area contributed by atoms with Crippen molar-refractivity contribution < 1.29 is 4.74 Å². The molecule has 0 aliphatic rings. The van der Waals surface area contributed by atoms with E-state index < -0.39 is 0 Å². The zero-order chi connectivity index (χ0) is 15.4. The Labute approximate surface area is 139 Å². The fourth-order valence-electron chi connectivity index (χ4n) is 2.44. The van der Waals surface area contributed by atoms with Crippen LogP contribution in [0.15, 0.2) is 40.9 Å². The number of likely N-dealkylation sites (N-methyl/N-ethyl adjacent to an activating group) is 1. The lowest BCUT2D eigenvalue weighted by molar-refractivity contribution is 0.406. The van der Waals surface area contributed by atoms with Crippen molar-refractivity contribution >= 4 is 27.5 Å². The molecular formula is C17H19BrClNO. The predicted molar refractivity (Wildman–Crippen MR) is 92.4 cm³/mol. The Bertz CT molecular complexity index is 630. The molecule has 112 valence electrons. The van der Waals surface area contributed by atoms with Gasteiger partial charge in [-0.25, -0.2) is 0 Å². The highest BCUT2D eigenvalue weighted by Gasteiger charge is 2.16. The lowest BCUT2D eigenvalue weighted by Gasteiger charge is -2.20. The van der Waals surface area contributed by atoms with Gasteiger partial charge in [0.2, 0.25) is 0 Å². The van der Waals surface area contributed by atoms with E-state index in [4.69, 9.17) is 16.3 Å². The van der Waals surface area contributed by atoms with Crippen LogP contribution >= 0.6 is 27.5 Å². The van der Waals surface area contributed by atoms with Gasteiger partial charge in [-0.05, 0) is 49.7 Å². The van der Waals surface area contributed by atoms with Crippen LogP contribution in [0.1, 0.15) is 22.7 Å². The minimum absolute atomic E-state index is 0.140. The zero-order valence-electron chi connectivity index (χ0n) is 12.4. The fourth-order valence-corrected chi connectivity index (χ4v) is 3.24. The summed E-state index contributed by atoms with van der Waals surface area (Å²) >= 11 is 9.81. The van der Waals surface area contributed by atoms with Gasteiger partial charge in [0, 0.05) is 15.5 Å². The van der Waals surface area contributed by atoms with Crippen molar-refractivity contribution in [2.24, 2.45) is 0 Å². The van der Waals surface area contributed by atoms with E-state index in [1.165, 1.54) is 11.1 Å². The van der Waals surface area contributed by atoms with Gasteiger partial charge < -0.3 is 10.1 Å². The number of benzene rings is 2. The largest absolute Gasteiger partial charge is 0.496 e. The summed E-state index contributed by atoms with van der Waals surface area (Å²) in [4.78, 5) is 0. The molecule has 1 atom stereocenters. The van der Waals surface area contributed by atoms with Crippen LogP contribution in [0, 0.1) is 6.92 Å². The Morgan fingerprint density at radius 2 is 2.00 bits per heavy atom. The van der Waals surface area contributed by atoms with Crippen LogP contribution < -0.4 is 10.1 Å². The topological polar surface area (TPSA) is 21.3 Å². The summed E-state index contributed by atoms with van der Waals surface area (Å²) in [6.07, 6.45) is 0.822. The lowest BCUT2D eigenvalue weighted by atomic mass is 9.97. The monoisotopic (exact) mass is 367 g/mol. The summed E-state index contributed by atoms with van der Waals surface area (Å²) in [5.41, 5.74) is 3.49. The van der Waals surface area contributed by atoms with Gasteiger partial charge >= 0.3 is 0 Å². The SMILES string of the molecule is CNC(Cc1cc(C)ccc1OC)c1ccc(Br)cc1Cl. The average molecular weight is 369 g/mol. The Kier molecular flexibility index (Phi) is 5.68. The lowest BCUT2D eigenvalue weighted by Crippen LogP contribution is -2.19. The molecule has 0 saturated heterocycles. The van der Waals surface area contributed by atoms with E-state index in [-0.39, 0.29) is 6.04 Å². The molecule has 0 saturated carbocycles. The third-order valence-corrected chi connectivity index (χ3v) is 4.37. The molecule has 2 rings (SSSR count). The van der Waals surface area contributed by atoms with Crippen molar-refractivity contribution in [3.8, 4) is 5.75 Å². The molecule has 0 amide bonds. The number of aryl methyl sites for hydroxylation is 1. The van der Waals surface area contributed by atoms with Crippen LogP contribution in [0.25, 0.3) is 0 Å². The summed E-state index contributed by atoms with van der Waals surface area (Å²) < 4.78 is 6.45. The Hall–Kier alpha value is -1.03. The average Bonchev–Trinajstić information content (AvgIpc) is 2.45. The van der Waals surface area contributed by atoms with Crippen LogP contribution in [0.4, 0.5) is 0 Å². The second-order valence-electron chi connectivity index (χ2n) is 5.03. The van der Waals surface area contributed by atoms with Crippen molar-refractivity contribution in [1.29, 1.82) is 0 Å². The van der Waals surface area contributed by atoms with Gasteiger partial charge in [0.15, 0.2) is 0 Å². The van der Waals surface area contributed by atoms with Crippen molar-refractivity contribution in [2.45, 2.75) is 19.4 Å². The number of rotatable bonds is 5. The number of nitrogens with one attached hydrogen (secondary N) is 1. The van der Waals surface area contributed by atoms with Crippen molar-refractivity contribution in [3.63, 3.8) is 0 Å². The minimum atomic E-state index is 0.140. The maximum Gasteiger partial charge on any atom is 0.122 e. The maximum absolute atomic E-state index is 6.37. The predicted octanol–water partition coefficient (Wildman–Crippen LogP) is 4.92. The van der Waals surface area contributed by atoms with Gasteiger partial charge in [-0.15, -0.1) is 0 Å². The summed E-state index contributed by atoms with van der Waals surface area (Å²) in [5, 5.41) is 4.10. The highest BCUT2D eigenvalue weighted by Crippen LogP contribution is 2.31. The first-order chi connectivity index (χ1) is 10.0. The highest BCUT2D eigenvalue weighted by atomic mass is 79.9. The molecule has 21 heavy (non-hydrogen) atoms. The van der Waals surface area contributed by atoms with Gasteiger partial charge in [0.05, 0.1) is 7.11 Å². The van der Waals surface area contributed by atoms with Gasteiger partial charge in [0.25, 0.3) is 0 Å². The molecular weight excluding hydrogens is 350 g/mol. The van der Waals surface area contributed by atoms with E-state index in [2.05, 4.69) is 46.4 Å². The van der Waals surface area contributed by atoms with Crippen LogP contribution in [-0.2, 0) is 6.42 Å². The van der Waals surface area contributed by atoms with E-state index in [0.29, 0.717) is 0 Å². The van der Waals surface area contributed by atoms with Crippen LogP contribution in [0.2, 0.25) is 5.02 Å². The molecule has 2 nitrogen and oxygen atoms in total. The first kappa shape index (κ1) is 16.3. The fraction of sp³-hybridized carbons (Fsp3) is 0.294. The molecule has 1 unspecified atom stereocenters. The molecule has 0 aliphatic heterocycles. The maximum atomic E-state index is 6.37. The molecule has 0 aromatic heterocycles. The zero-order valence-corrected chi connectivity index (χ0v) is 14.8. The Morgan fingerprint density at radius 3 is 2.62 bits per heavy atom. The van der Waals surface area contributed by atoms with Crippen LogP contribution in [-0.4, -0.2) is 14.2 Å². The molecule has 0 bridgehead atoms. The molecule has 2 aromatic rings. The number of ether oxygens (including phenoxy) is 1. The smallest absolute Gasteiger partial charge is 0.122 e. The standard InChI is InChI=1S/C17H19BrClNO/c1-11-4-7-17(21-3)12(8-11)9-16(20-2)14-6-5-13(18)10-15(14)19/h4-8,10,16,20H,9H2,1-3H3. The third kappa shape index (κ3) is 4.00. The normalized spacial score (nSPS) is 12.2. The summed E-state index contributed by atoms with van der Waals surface area (Å²) in [7, 11) is 3.65. The highest BCUT2D eigenvalue weighted by molar-refractivity contribution is 9.10. The third-order valence-electron chi connectivity index (χ3n) is 3.55. The van der Waals surface area contributed by atoms with Crippen LogP contribution in [0.5, 0.6) is 5.75 Å². The van der Waals surface area contributed by atoms with Gasteiger partial charge in [-0.2, -0.15) is 0 Å². The molecule has 0 spiro atoms. The van der Waals surface area contributed by atoms with Crippen molar-refractivity contribution in [3.05, 3.63) is 62.6 Å². The van der Waals surface area contributed by atoms with E-state index >= 15 is 0 Å². The summed E-state index contributed by atoms with van der Waals surface area (Å²) in [6.45, 7) is 2.09. The number of methoxy groups -OCH3 is 1. The number of halogens is 2. The quantitative estimate of drug-likeness (QED) is 0.808. The number of hydrogen-bond donors (Lipinski definition) is 1. The van der Waals surface area contributed by atoms with Crippen molar-refractivity contribution in [2.75, 3.05) is 14.2 Å². The first-order valence-electron chi connectivity index (χ1n) is 6.81. The molecule has 1 N–H and O–H groups in total. The van der Waals surface area contributed by atoms with Gasteiger partial charge in [0.1, 0.15) is 5.75 Å². The minimum Gasteiger partial charge on any atom is -0.496 e. The molecule has 0 heterocycles. The first-order valence-corrected chi connectivity index (χ1v) is 7.98. The summed E-state index contributed by atoms with van der Waals surface area (Å²) in [6, 6.07) is 12.4. The van der Waals surface area contributed by atoms with Crippen molar-refractivity contribution in [1.82, 2.24) is 5.32 Å². The molecule has 0 fully saturated rings. The molecule has 2 aromatic carbocycles. The summed E-state index contributed by atoms with van der Waals surface area (Å²) in [5.74, 6) is 0.911. The Balaban J connectivity index is 2.33. The van der Waals surface area contributed by atoms with Crippen LogP contribution in [0.3, 0.4) is 0 Å². The van der Waals surface area contributed by atoms with Gasteiger partial charge in [-0.1, -0.05) is 51.3 Å². The molecule has 0 radical (unpaired) electrons. The van der Waals surface area contributed by atoms with E-state index in [9.17, 15) is 0 Å². The number of hydrogen-bond acceptors (Lipinski definition) is 2. The molecule has 0 aliphatic carbocycles.